The number of halogens is 3. The first-order valence-corrected chi connectivity index (χ1v) is 9.72. The Kier molecular flexibility index (Phi) is 5.65. The van der Waals surface area contributed by atoms with Crippen molar-refractivity contribution in [2.24, 2.45) is 0 Å². The van der Waals surface area contributed by atoms with Crippen LogP contribution in [0, 0.1) is 17.5 Å². The number of aromatic nitrogens is 1. The molecule has 0 saturated carbocycles. The molecule has 1 aromatic heterocycles. The molecular formula is C23H19F3N2O3. The number of pyridine rings is 1. The smallest absolute Gasteiger partial charge is 0.416 e. The van der Waals surface area contributed by atoms with Crippen LogP contribution in [-0.2, 0) is 10.3 Å². The van der Waals surface area contributed by atoms with Gasteiger partial charge in [-0.05, 0) is 30.3 Å². The van der Waals surface area contributed by atoms with E-state index in [1.165, 1.54) is 29.2 Å². The Morgan fingerprint density at radius 2 is 1.84 bits per heavy atom. The van der Waals surface area contributed by atoms with Gasteiger partial charge in [-0.3, -0.25) is 4.90 Å². The molecule has 8 heteroatoms. The van der Waals surface area contributed by atoms with Crippen LogP contribution in [0.2, 0.25) is 0 Å². The maximum absolute atomic E-state index is 14.4. The Bertz CT molecular complexity index is 1120. The number of amides is 1. The normalized spacial score (nSPS) is 18.7. The Balaban J connectivity index is 1.63. The van der Waals surface area contributed by atoms with Gasteiger partial charge in [0.15, 0.2) is 0 Å². The van der Waals surface area contributed by atoms with E-state index in [1.807, 2.05) is 0 Å². The quantitative estimate of drug-likeness (QED) is 0.635. The maximum atomic E-state index is 14.4. The summed E-state index contributed by atoms with van der Waals surface area (Å²) in [6, 6.07) is 13.8. The zero-order valence-corrected chi connectivity index (χ0v) is 16.4. The van der Waals surface area contributed by atoms with Crippen LogP contribution >= 0.6 is 0 Å². The maximum Gasteiger partial charge on any atom is 0.416 e. The van der Waals surface area contributed by atoms with Gasteiger partial charge in [-0.2, -0.15) is 0 Å². The van der Waals surface area contributed by atoms with E-state index in [-0.39, 0.29) is 48.6 Å². The van der Waals surface area contributed by atoms with Gasteiger partial charge in [0.1, 0.15) is 28.9 Å². The van der Waals surface area contributed by atoms with Crippen molar-refractivity contribution in [3.63, 3.8) is 0 Å². The Hall–Kier alpha value is -3.39. The number of carbonyl (C=O) groups is 1. The van der Waals surface area contributed by atoms with Gasteiger partial charge in [-0.1, -0.05) is 24.3 Å². The molecule has 1 N–H and O–H groups in total. The lowest BCUT2D eigenvalue weighted by atomic mass is 9.85. The van der Waals surface area contributed by atoms with Crippen LogP contribution in [0.5, 0.6) is 0 Å². The molecule has 5 nitrogen and oxygen atoms in total. The Morgan fingerprint density at radius 3 is 2.55 bits per heavy atom. The van der Waals surface area contributed by atoms with Crippen molar-refractivity contribution >= 4 is 11.9 Å². The molecule has 0 spiro atoms. The van der Waals surface area contributed by atoms with Gasteiger partial charge in [-0.15, -0.1) is 0 Å². The van der Waals surface area contributed by atoms with Crippen molar-refractivity contribution in [1.82, 2.24) is 4.98 Å². The summed E-state index contributed by atoms with van der Waals surface area (Å²) in [5.41, 5.74) is -0.778. The molecule has 0 bridgehead atoms. The van der Waals surface area contributed by atoms with Gasteiger partial charge in [0.25, 0.3) is 0 Å². The third-order valence-corrected chi connectivity index (χ3v) is 5.34. The predicted molar refractivity (Wildman–Crippen MR) is 108 cm³/mol. The van der Waals surface area contributed by atoms with Crippen LogP contribution in [0.15, 0.2) is 60.7 Å². The summed E-state index contributed by atoms with van der Waals surface area (Å²) in [5, 5.41) is 9.51. The summed E-state index contributed by atoms with van der Waals surface area (Å²) < 4.78 is 47.5. The minimum atomic E-state index is -1.30. The van der Waals surface area contributed by atoms with Crippen LogP contribution in [0.25, 0.3) is 11.3 Å². The highest BCUT2D eigenvalue weighted by Gasteiger charge is 2.44. The molecular weight excluding hydrogens is 409 g/mol. The fourth-order valence-electron chi connectivity index (χ4n) is 3.80. The predicted octanol–water partition coefficient (Wildman–Crippen LogP) is 4.79. The SMILES string of the molecule is O=C1O[C@](CCO)(c2ccccc2F)CCN1c1cccc(-c2ccc(F)cc2F)n1. The van der Waals surface area contributed by atoms with Gasteiger partial charge in [0, 0.05) is 43.2 Å². The van der Waals surface area contributed by atoms with E-state index >= 15 is 0 Å². The van der Waals surface area contributed by atoms with E-state index in [2.05, 4.69) is 4.98 Å². The van der Waals surface area contributed by atoms with E-state index in [0.717, 1.165) is 12.1 Å². The number of aliphatic hydroxyl groups is 1. The zero-order valence-electron chi connectivity index (χ0n) is 16.4. The monoisotopic (exact) mass is 428 g/mol. The number of hydrogen-bond acceptors (Lipinski definition) is 4. The highest BCUT2D eigenvalue weighted by Crippen LogP contribution is 2.39. The average Bonchev–Trinajstić information content (AvgIpc) is 2.74. The molecule has 1 atom stereocenters. The first-order valence-electron chi connectivity index (χ1n) is 9.72. The molecule has 0 aliphatic carbocycles. The first kappa shape index (κ1) is 20.9. The van der Waals surface area contributed by atoms with Gasteiger partial charge in [0.05, 0.1) is 5.69 Å². The van der Waals surface area contributed by atoms with Crippen molar-refractivity contribution in [2.75, 3.05) is 18.1 Å². The molecule has 0 unspecified atom stereocenters. The number of aliphatic hydroxyl groups excluding tert-OH is 1. The molecule has 1 amide bonds. The summed E-state index contributed by atoms with van der Waals surface area (Å²) in [6.45, 7) is -0.144. The molecule has 3 aromatic rings. The molecule has 1 saturated heterocycles. The average molecular weight is 428 g/mol. The molecule has 2 heterocycles. The summed E-state index contributed by atoms with van der Waals surface area (Å²) >= 11 is 0. The fourth-order valence-corrected chi connectivity index (χ4v) is 3.80. The highest BCUT2D eigenvalue weighted by atomic mass is 19.1. The molecule has 0 radical (unpaired) electrons. The van der Waals surface area contributed by atoms with Crippen molar-refractivity contribution < 1.29 is 27.8 Å². The molecule has 2 aromatic carbocycles. The summed E-state index contributed by atoms with van der Waals surface area (Å²) in [5.74, 6) is -1.78. The molecule has 31 heavy (non-hydrogen) atoms. The number of cyclic esters (lactones) is 1. The topological polar surface area (TPSA) is 62.7 Å². The Labute approximate surface area is 176 Å². The number of ether oxygens (including phenoxy) is 1. The van der Waals surface area contributed by atoms with Crippen molar-refractivity contribution in [2.45, 2.75) is 18.4 Å². The second-order valence-electron chi connectivity index (χ2n) is 7.22. The van der Waals surface area contributed by atoms with E-state index < -0.39 is 29.1 Å². The second-order valence-corrected chi connectivity index (χ2v) is 7.22. The van der Waals surface area contributed by atoms with Gasteiger partial charge >= 0.3 is 6.09 Å². The standard InChI is InChI=1S/C23H19F3N2O3/c24-15-8-9-16(19(26)14-15)20-6-3-7-21(27-20)28-12-10-23(11-13-29,31-22(28)30)17-4-1-2-5-18(17)25/h1-9,14,29H,10-13H2/t23-/m1/s1. The van der Waals surface area contributed by atoms with Gasteiger partial charge < -0.3 is 9.84 Å². The number of hydrogen-bond donors (Lipinski definition) is 1. The third kappa shape index (κ3) is 3.98. The van der Waals surface area contributed by atoms with E-state index in [0.29, 0.717) is 0 Å². The lowest BCUT2D eigenvalue weighted by Gasteiger charge is -2.41. The third-order valence-electron chi connectivity index (χ3n) is 5.34. The zero-order chi connectivity index (χ0) is 22.0. The number of carbonyl (C=O) groups excluding carboxylic acids is 1. The summed E-state index contributed by atoms with van der Waals surface area (Å²) in [6.07, 6.45) is -0.495. The number of anilines is 1. The Morgan fingerprint density at radius 1 is 1.03 bits per heavy atom. The molecule has 4 rings (SSSR count). The summed E-state index contributed by atoms with van der Waals surface area (Å²) in [4.78, 5) is 18.5. The molecule has 1 fully saturated rings. The lowest BCUT2D eigenvalue weighted by molar-refractivity contribution is -0.0281. The van der Waals surface area contributed by atoms with Gasteiger partial charge in [0.2, 0.25) is 0 Å². The second kappa shape index (κ2) is 8.39. The van der Waals surface area contributed by atoms with Crippen LogP contribution in [0.3, 0.4) is 0 Å². The summed E-state index contributed by atoms with van der Waals surface area (Å²) in [7, 11) is 0. The van der Waals surface area contributed by atoms with Crippen molar-refractivity contribution in [1.29, 1.82) is 0 Å². The first-order chi connectivity index (χ1) is 14.9. The fraction of sp³-hybridized carbons (Fsp3) is 0.217. The number of benzene rings is 2. The minimum Gasteiger partial charge on any atom is -0.437 e. The van der Waals surface area contributed by atoms with Crippen LogP contribution in [0.1, 0.15) is 18.4 Å². The van der Waals surface area contributed by atoms with Crippen molar-refractivity contribution in [3.05, 3.63) is 83.7 Å². The van der Waals surface area contributed by atoms with Crippen LogP contribution in [0.4, 0.5) is 23.8 Å². The van der Waals surface area contributed by atoms with E-state index in [4.69, 9.17) is 4.74 Å². The minimum absolute atomic E-state index is 0.0434. The lowest BCUT2D eigenvalue weighted by Crippen LogP contribution is -2.49. The van der Waals surface area contributed by atoms with Crippen LogP contribution in [-0.4, -0.2) is 29.3 Å². The number of nitrogens with zero attached hydrogens (tertiary/aromatic N) is 2. The van der Waals surface area contributed by atoms with Crippen LogP contribution < -0.4 is 4.90 Å². The van der Waals surface area contributed by atoms with Crippen molar-refractivity contribution in [3.8, 4) is 11.3 Å². The van der Waals surface area contributed by atoms with Gasteiger partial charge in [-0.25, -0.2) is 22.9 Å². The molecule has 1 aliphatic heterocycles. The van der Waals surface area contributed by atoms with E-state index in [9.17, 15) is 23.1 Å². The number of rotatable bonds is 5. The molecule has 160 valence electrons. The highest BCUT2D eigenvalue weighted by molar-refractivity contribution is 5.88. The molecule has 1 aliphatic rings. The van der Waals surface area contributed by atoms with E-state index in [1.54, 1.807) is 24.3 Å². The largest absolute Gasteiger partial charge is 0.437 e.